The lowest BCUT2D eigenvalue weighted by molar-refractivity contribution is -0.136. The number of carbonyl (C=O) groups excluding carboxylic acids is 1. The molecule has 1 atom stereocenters. The maximum atomic E-state index is 13.0. The van der Waals surface area contributed by atoms with Crippen molar-refractivity contribution in [2.75, 3.05) is 53.5 Å². The molecule has 3 rings (SSSR count). The molecule has 26 heavy (non-hydrogen) atoms. The average molecular weight is 383 g/mol. The van der Waals surface area contributed by atoms with E-state index >= 15 is 0 Å². The number of carbonyl (C=O) groups is 1. The Morgan fingerprint density at radius 1 is 1.15 bits per heavy atom. The second-order valence-electron chi connectivity index (χ2n) is 6.44. The highest BCUT2D eigenvalue weighted by atomic mass is 32.2. The smallest absolute Gasteiger partial charge is 0.247 e. The number of methoxy groups -OCH3 is 2. The summed E-state index contributed by atoms with van der Waals surface area (Å²) < 4.78 is 37.9. The van der Waals surface area contributed by atoms with Crippen LogP contribution in [-0.4, -0.2) is 77.0 Å². The molecule has 2 fully saturated rings. The van der Waals surface area contributed by atoms with E-state index in [0.717, 1.165) is 13.0 Å². The number of hydrogen-bond donors (Lipinski definition) is 1. The Kier molecular flexibility index (Phi) is 5.69. The van der Waals surface area contributed by atoms with Crippen LogP contribution < -0.4 is 14.8 Å². The molecule has 1 aromatic carbocycles. The first-order valence-corrected chi connectivity index (χ1v) is 10.1. The van der Waals surface area contributed by atoms with E-state index < -0.39 is 10.0 Å². The zero-order valence-corrected chi connectivity index (χ0v) is 15.9. The molecule has 0 radical (unpaired) electrons. The molecule has 0 bridgehead atoms. The Bertz CT molecular complexity index is 754. The van der Waals surface area contributed by atoms with E-state index in [1.807, 2.05) is 0 Å². The van der Waals surface area contributed by atoms with Crippen LogP contribution in [0.1, 0.15) is 6.42 Å². The zero-order chi connectivity index (χ0) is 18.7. The van der Waals surface area contributed by atoms with Gasteiger partial charge in [0.05, 0.1) is 20.1 Å². The number of ether oxygens (including phenoxy) is 2. The van der Waals surface area contributed by atoms with Crippen LogP contribution >= 0.6 is 0 Å². The van der Waals surface area contributed by atoms with Gasteiger partial charge in [-0.25, -0.2) is 8.42 Å². The highest BCUT2D eigenvalue weighted by molar-refractivity contribution is 7.89. The van der Waals surface area contributed by atoms with Crippen molar-refractivity contribution in [3.05, 3.63) is 18.2 Å². The average Bonchev–Trinajstić information content (AvgIpc) is 3.21. The number of nitrogens with zero attached hydrogens (tertiary/aromatic N) is 2. The highest BCUT2D eigenvalue weighted by Gasteiger charge is 2.34. The fraction of sp³-hybridized carbons (Fsp3) is 0.588. The summed E-state index contributed by atoms with van der Waals surface area (Å²) in [5, 5.41) is 3.19. The molecule has 0 aliphatic carbocycles. The van der Waals surface area contributed by atoms with Crippen LogP contribution in [0.15, 0.2) is 23.1 Å². The van der Waals surface area contributed by atoms with E-state index in [0.29, 0.717) is 25.4 Å². The minimum Gasteiger partial charge on any atom is -0.497 e. The molecule has 2 aliphatic heterocycles. The minimum absolute atomic E-state index is 0.0108. The van der Waals surface area contributed by atoms with Crippen molar-refractivity contribution in [3.8, 4) is 11.5 Å². The largest absolute Gasteiger partial charge is 0.497 e. The van der Waals surface area contributed by atoms with Gasteiger partial charge in [0.2, 0.25) is 15.9 Å². The minimum atomic E-state index is -3.73. The molecule has 2 heterocycles. The molecule has 0 spiro atoms. The van der Waals surface area contributed by atoms with Crippen molar-refractivity contribution in [2.45, 2.75) is 11.3 Å². The molecule has 9 heteroatoms. The number of piperazine rings is 1. The zero-order valence-electron chi connectivity index (χ0n) is 15.1. The monoisotopic (exact) mass is 383 g/mol. The predicted octanol–water partition coefficient (Wildman–Crippen LogP) is 0.146. The van der Waals surface area contributed by atoms with Gasteiger partial charge in [-0.05, 0) is 25.1 Å². The quantitative estimate of drug-likeness (QED) is 0.779. The third-order valence-electron chi connectivity index (χ3n) is 4.95. The van der Waals surface area contributed by atoms with Gasteiger partial charge in [0.15, 0.2) is 0 Å². The second kappa shape index (κ2) is 7.81. The summed E-state index contributed by atoms with van der Waals surface area (Å²) in [6.45, 7) is 2.92. The number of hydrogen-bond acceptors (Lipinski definition) is 6. The summed E-state index contributed by atoms with van der Waals surface area (Å²) >= 11 is 0. The molecule has 2 aliphatic rings. The first-order valence-electron chi connectivity index (χ1n) is 8.69. The van der Waals surface area contributed by atoms with Crippen LogP contribution in [0.2, 0.25) is 0 Å². The van der Waals surface area contributed by atoms with Gasteiger partial charge in [0, 0.05) is 38.8 Å². The Morgan fingerprint density at radius 3 is 2.46 bits per heavy atom. The van der Waals surface area contributed by atoms with Crippen LogP contribution in [0.25, 0.3) is 0 Å². The normalized spacial score (nSPS) is 21.6. The van der Waals surface area contributed by atoms with Crippen LogP contribution in [-0.2, 0) is 14.8 Å². The Balaban J connectivity index is 1.73. The molecule has 144 valence electrons. The summed E-state index contributed by atoms with van der Waals surface area (Å²) in [7, 11) is -0.803. The number of rotatable bonds is 5. The van der Waals surface area contributed by atoms with E-state index in [2.05, 4.69) is 5.32 Å². The predicted molar refractivity (Wildman–Crippen MR) is 95.9 cm³/mol. The summed E-state index contributed by atoms with van der Waals surface area (Å²) in [5.41, 5.74) is 0. The third-order valence-corrected chi connectivity index (χ3v) is 6.87. The summed E-state index contributed by atoms with van der Waals surface area (Å²) in [5.74, 6) is 0.857. The molecule has 1 N–H and O–H groups in total. The van der Waals surface area contributed by atoms with Crippen molar-refractivity contribution in [1.29, 1.82) is 0 Å². The third kappa shape index (κ3) is 3.65. The van der Waals surface area contributed by atoms with E-state index in [9.17, 15) is 13.2 Å². The van der Waals surface area contributed by atoms with Crippen molar-refractivity contribution in [1.82, 2.24) is 14.5 Å². The summed E-state index contributed by atoms with van der Waals surface area (Å²) in [4.78, 5) is 14.3. The first-order chi connectivity index (χ1) is 12.5. The lowest BCUT2D eigenvalue weighted by atomic mass is 10.1. The lowest BCUT2D eigenvalue weighted by Gasteiger charge is -2.35. The van der Waals surface area contributed by atoms with Crippen LogP contribution in [0.4, 0.5) is 0 Å². The number of benzene rings is 1. The standard InChI is InChI=1S/C17H25N3O5S/c1-24-14-3-4-15(25-2)16(11-14)26(22,23)20-9-7-19(8-10-20)17(21)13-5-6-18-12-13/h3-4,11,13,18H,5-10,12H2,1-2H3. The Labute approximate surface area is 154 Å². The molecular weight excluding hydrogens is 358 g/mol. The van der Waals surface area contributed by atoms with E-state index in [1.54, 1.807) is 17.0 Å². The van der Waals surface area contributed by atoms with Crippen molar-refractivity contribution in [3.63, 3.8) is 0 Å². The SMILES string of the molecule is COc1ccc(OC)c(S(=O)(=O)N2CCN(C(=O)C3CCNC3)CC2)c1. The van der Waals surface area contributed by atoms with Gasteiger partial charge in [-0.2, -0.15) is 4.31 Å². The van der Waals surface area contributed by atoms with E-state index in [4.69, 9.17) is 9.47 Å². The van der Waals surface area contributed by atoms with Crippen LogP contribution in [0.3, 0.4) is 0 Å². The highest BCUT2D eigenvalue weighted by Crippen LogP contribution is 2.31. The molecule has 1 unspecified atom stereocenters. The molecule has 8 nitrogen and oxygen atoms in total. The van der Waals surface area contributed by atoms with Crippen molar-refractivity contribution < 1.29 is 22.7 Å². The molecule has 0 saturated carbocycles. The molecule has 1 amide bonds. The Morgan fingerprint density at radius 2 is 1.88 bits per heavy atom. The Hall–Kier alpha value is -1.84. The van der Waals surface area contributed by atoms with E-state index in [-0.39, 0.29) is 35.6 Å². The van der Waals surface area contributed by atoms with Crippen molar-refractivity contribution in [2.24, 2.45) is 5.92 Å². The topological polar surface area (TPSA) is 88.2 Å². The van der Waals surface area contributed by atoms with Crippen LogP contribution in [0, 0.1) is 5.92 Å². The first kappa shape index (κ1) is 18.9. The maximum absolute atomic E-state index is 13.0. The van der Waals surface area contributed by atoms with Gasteiger partial charge in [0.25, 0.3) is 0 Å². The molecule has 0 aromatic heterocycles. The summed E-state index contributed by atoms with van der Waals surface area (Å²) in [6, 6.07) is 4.71. The second-order valence-corrected chi connectivity index (χ2v) is 8.34. The van der Waals surface area contributed by atoms with Gasteiger partial charge in [0.1, 0.15) is 16.4 Å². The lowest BCUT2D eigenvalue weighted by Crippen LogP contribution is -2.52. The van der Waals surface area contributed by atoms with Crippen molar-refractivity contribution >= 4 is 15.9 Å². The fourth-order valence-electron chi connectivity index (χ4n) is 3.40. The van der Waals surface area contributed by atoms with Gasteiger partial charge in [-0.3, -0.25) is 4.79 Å². The molecular formula is C17H25N3O5S. The summed E-state index contributed by atoms with van der Waals surface area (Å²) in [6.07, 6.45) is 0.846. The fourth-order valence-corrected chi connectivity index (χ4v) is 4.99. The molecule has 2 saturated heterocycles. The van der Waals surface area contributed by atoms with Gasteiger partial charge in [-0.15, -0.1) is 0 Å². The van der Waals surface area contributed by atoms with Gasteiger partial charge < -0.3 is 19.7 Å². The number of sulfonamides is 1. The van der Waals surface area contributed by atoms with E-state index in [1.165, 1.54) is 24.6 Å². The van der Waals surface area contributed by atoms with Gasteiger partial charge in [-0.1, -0.05) is 0 Å². The van der Waals surface area contributed by atoms with Crippen LogP contribution in [0.5, 0.6) is 11.5 Å². The molecule has 1 aromatic rings. The number of nitrogens with one attached hydrogen (secondary N) is 1. The maximum Gasteiger partial charge on any atom is 0.247 e. The van der Waals surface area contributed by atoms with Gasteiger partial charge >= 0.3 is 0 Å². The number of amides is 1.